The van der Waals surface area contributed by atoms with Gasteiger partial charge in [0.1, 0.15) is 11.4 Å². The molecule has 3 aromatic rings. The average molecular weight is 438 g/mol. The van der Waals surface area contributed by atoms with Gasteiger partial charge >= 0.3 is 0 Å². The minimum Gasteiger partial charge on any atom is -0.377 e. The van der Waals surface area contributed by atoms with Gasteiger partial charge < -0.3 is 10.1 Å². The smallest absolute Gasteiger partial charge is 0.125 e. The van der Waals surface area contributed by atoms with Crippen LogP contribution in [0.4, 0.5) is 10.1 Å². The second-order valence-corrected chi connectivity index (χ2v) is 8.62. The molecule has 0 saturated carbocycles. The van der Waals surface area contributed by atoms with E-state index in [9.17, 15) is 4.39 Å². The lowest BCUT2D eigenvalue weighted by Gasteiger charge is -2.46. The second-order valence-electron chi connectivity index (χ2n) is 7.71. The van der Waals surface area contributed by atoms with Crippen molar-refractivity contribution in [3.8, 4) is 0 Å². The topological polar surface area (TPSA) is 21.3 Å². The van der Waals surface area contributed by atoms with Crippen LogP contribution < -0.4 is 5.32 Å². The van der Waals surface area contributed by atoms with Gasteiger partial charge in [0.25, 0.3) is 0 Å². The Morgan fingerprint density at radius 2 is 1.79 bits per heavy atom. The molecule has 0 aliphatic carbocycles. The van der Waals surface area contributed by atoms with Crippen LogP contribution in [0.15, 0.2) is 71.2 Å². The molecule has 1 N–H and O–H groups in total. The maximum absolute atomic E-state index is 13.5. The van der Waals surface area contributed by atoms with Gasteiger partial charge in [-0.2, -0.15) is 0 Å². The first-order valence-electron chi connectivity index (χ1n) is 9.61. The van der Waals surface area contributed by atoms with Crippen LogP contribution in [-0.4, -0.2) is 6.61 Å². The van der Waals surface area contributed by atoms with Crippen LogP contribution in [0.5, 0.6) is 0 Å². The summed E-state index contributed by atoms with van der Waals surface area (Å²) in [5.74, 6) is 0.00543. The first-order valence-corrected chi connectivity index (χ1v) is 10.4. The van der Waals surface area contributed by atoms with E-state index in [1.54, 1.807) is 12.1 Å². The summed E-state index contributed by atoms with van der Waals surface area (Å²) in [6, 6.07) is 21.9. The number of ether oxygens (including phenoxy) is 1. The zero-order valence-electron chi connectivity index (χ0n) is 15.6. The van der Waals surface area contributed by atoms with Crippen molar-refractivity contribution in [1.29, 1.82) is 0 Å². The molecule has 2 heterocycles. The zero-order valence-corrected chi connectivity index (χ0v) is 17.2. The van der Waals surface area contributed by atoms with Gasteiger partial charge in [0.15, 0.2) is 0 Å². The lowest BCUT2D eigenvalue weighted by atomic mass is 9.68. The van der Waals surface area contributed by atoms with Crippen LogP contribution >= 0.6 is 15.9 Å². The number of hydrogen-bond donors (Lipinski definition) is 1. The van der Waals surface area contributed by atoms with E-state index in [0.29, 0.717) is 6.61 Å². The summed E-state index contributed by atoms with van der Waals surface area (Å²) >= 11 is 3.55. The Balaban J connectivity index is 1.73. The fraction of sp³-hybridized carbons (Fsp3) is 0.250. The van der Waals surface area contributed by atoms with Crippen molar-refractivity contribution in [2.24, 2.45) is 5.92 Å². The maximum Gasteiger partial charge on any atom is 0.125 e. The number of halogens is 2. The van der Waals surface area contributed by atoms with Crippen LogP contribution in [0.2, 0.25) is 0 Å². The predicted molar refractivity (Wildman–Crippen MR) is 113 cm³/mol. The third-order valence-corrected chi connectivity index (χ3v) is 6.60. The fourth-order valence-electron chi connectivity index (χ4n) is 4.83. The normalized spacial score (nSPS) is 25.7. The maximum atomic E-state index is 13.5. The summed E-state index contributed by atoms with van der Waals surface area (Å²) in [5.41, 5.74) is 5.23. The van der Waals surface area contributed by atoms with Crippen molar-refractivity contribution in [2.75, 3.05) is 11.9 Å². The Kier molecular flexibility index (Phi) is 4.29. The van der Waals surface area contributed by atoms with Crippen molar-refractivity contribution in [3.05, 3.63) is 99.3 Å². The van der Waals surface area contributed by atoms with E-state index in [0.717, 1.165) is 22.1 Å². The second kappa shape index (κ2) is 6.71. The molecule has 3 atom stereocenters. The minimum atomic E-state index is -0.508. The molecule has 3 aromatic carbocycles. The van der Waals surface area contributed by atoms with Crippen LogP contribution in [0.1, 0.15) is 34.7 Å². The standard InChI is InChI=1S/C24H21BrFNO/c1-15-2-11-22-21(14-15)24(17-5-7-18(25)8-6-17)20(12-13-28-24)23(27-22)16-3-9-19(26)10-4-16/h2-11,14,20,23,27H,12-13H2,1H3/t20-,23-,24-/m0/s1. The molecule has 142 valence electrons. The van der Waals surface area contributed by atoms with Gasteiger partial charge in [0.05, 0.1) is 6.04 Å². The predicted octanol–water partition coefficient (Wildman–Crippen LogP) is 6.34. The Morgan fingerprint density at radius 3 is 2.54 bits per heavy atom. The van der Waals surface area contributed by atoms with Gasteiger partial charge in [-0.25, -0.2) is 4.39 Å². The van der Waals surface area contributed by atoms with Gasteiger partial charge in [0.2, 0.25) is 0 Å². The molecule has 0 aromatic heterocycles. The molecular weight excluding hydrogens is 417 g/mol. The summed E-state index contributed by atoms with van der Waals surface area (Å²) < 4.78 is 21.2. The summed E-state index contributed by atoms with van der Waals surface area (Å²) in [5, 5.41) is 3.73. The molecule has 2 nitrogen and oxygen atoms in total. The van der Waals surface area contributed by atoms with E-state index in [4.69, 9.17) is 4.74 Å². The lowest BCUT2D eigenvalue weighted by Crippen LogP contribution is -2.43. The molecule has 5 rings (SSSR count). The lowest BCUT2D eigenvalue weighted by molar-refractivity contribution is 0.00202. The summed E-state index contributed by atoms with van der Waals surface area (Å²) in [7, 11) is 0. The largest absolute Gasteiger partial charge is 0.377 e. The molecule has 4 heteroatoms. The molecule has 2 aliphatic rings. The van der Waals surface area contributed by atoms with E-state index < -0.39 is 5.60 Å². The van der Waals surface area contributed by atoms with Gasteiger partial charge in [-0.3, -0.25) is 0 Å². The molecule has 2 aliphatic heterocycles. The van der Waals surface area contributed by atoms with E-state index in [-0.39, 0.29) is 17.8 Å². The third-order valence-electron chi connectivity index (χ3n) is 6.07. The number of aryl methyl sites for hydroxylation is 1. The average Bonchev–Trinajstić information content (AvgIpc) is 3.15. The molecule has 0 spiro atoms. The molecule has 1 fully saturated rings. The Morgan fingerprint density at radius 1 is 1.04 bits per heavy atom. The van der Waals surface area contributed by atoms with Crippen LogP contribution in [0, 0.1) is 18.7 Å². The molecule has 28 heavy (non-hydrogen) atoms. The molecule has 0 unspecified atom stereocenters. The fourth-order valence-corrected chi connectivity index (χ4v) is 5.10. The molecular formula is C24H21BrFNO. The monoisotopic (exact) mass is 437 g/mol. The SMILES string of the molecule is Cc1ccc2c(c1)[C@@]1(c3ccc(Br)cc3)OCC[C@H]1[C@H](c1ccc(F)cc1)N2. The highest BCUT2D eigenvalue weighted by molar-refractivity contribution is 9.10. The van der Waals surface area contributed by atoms with E-state index in [2.05, 4.69) is 70.6 Å². The van der Waals surface area contributed by atoms with E-state index in [1.165, 1.54) is 16.7 Å². The first kappa shape index (κ1) is 17.9. The number of fused-ring (bicyclic) bond motifs is 3. The van der Waals surface area contributed by atoms with Gasteiger partial charge in [-0.15, -0.1) is 0 Å². The van der Waals surface area contributed by atoms with Crippen molar-refractivity contribution in [2.45, 2.75) is 25.0 Å². The molecule has 1 saturated heterocycles. The van der Waals surface area contributed by atoms with Crippen LogP contribution in [0.25, 0.3) is 0 Å². The summed E-state index contributed by atoms with van der Waals surface area (Å²) in [6.07, 6.45) is 0.943. The van der Waals surface area contributed by atoms with Gasteiger partial charge in [-0.05, 0) is 54.8 Å². The number of hydrogen-bond acceptors (Lipinski definition) is 2. The number of benzene rings is 3. The highest BCUT2D eigenvalue weighted by atomic mass is 79.9. The highest BCUT2D eigenvalue weighted by Crippen LogP contribution is 2.57. The number of rotatable bonds is 2. The molecule has 0 amide bonds. The van der Waals surface area contributed by atoms with Crippen molar-refractivity contribution >= 4 is 21.6 Å². The molecule has 0 radical (unpaired) electrons. The Hall–Kier alpha value is -2.17. The van der Waals surface area contributed by atoms with Crippen molar-refractivity contribution in [3.63, 3.8) is 0 Å². The minimum absolute atomic E-state index is 0.0574. The quantitative estimate of drug-likeness (QED) is 0.504. The summed E-state index contributed by atoms with van der Waals surface area (Å²) in [4.78, 5) is 0. The van der Waals surface area contributed by atoms with Crippen LogP contribution in [0.3, 0.4) is 0 Å². The van der Waals surface area contributed by atoms with Crippen molar-refractivity contribution < 1.29 is 9.13 Å². The Bertz CT molecular complexity index is 1020. The zero-order chi connectivity index (χ0) is 19.3. The number of nitrogens with one attached hydrogen (secondary N) is 1. The third kappa shape index (κ3) is 2.70. The Labute approximate surface area is 172 Å². The summed E-state index contributed by atoms with van der Waals surface area (Å²) in [6.45, 7) is 2.82. The van der Waals surface area contributed by atoms with E-state index in [1.807, 2.05) is 12.1 Å². The highest BCUT2D eigenvalue weighted by Gasteiger charge is 2.54. The number of anilines is 1. The molecule has 0 bridgehead atoms. The van der Waals surface area contributed by atoms with Gasteiger partial charge in [-0.1, -0.05) is 57.9 Å². The van der Waals surface area contributed by atoms with E-state index >= 15 is 0 Å². The van der Waals surface area contributed by atoms with Crippen molar-refractivity contribution in [1.82, 2.24) is 0 Å². The first-order chi connectivity index (χ1) is 13.6. The van der Waals surface area contributed by atoms with Crippen LogP contribution in [-0.2, 0) is 10.3 Å². The van der Waals surface area contributed by atoms with Gasteiger partial charge in [0, 0.05) is 28.2 Å².